The molecule has 1 heterocycles. The molecule has 0 bridgehead atoms. The molecule has 0 radical (unpaired) electrons. The second-order valence-electron chi connectivity index (χ2n) is 6.03. The second-order valence-corrected chi connectivity index (χ2v) is 6.03. The highest BCUT2D eigenvalue weighted by Gasteiger charge is 2.18. The second kappa shape index (κ2) is 8.44. The van der Waals surface area contributed by atoms with Crippen LogP contribution >= 0.6 is 0 Å². The number of amides is 2. The van der Waals surface area contributed by atoms with Crippen LogP contribution in [0, 0.1) is 11.8 Å². The predicted molar refractivity (Wildman–Crippen MR) is 80.6 cm³/mol. The largest absolute Gasteiger partial charge is 0.363 e. The Morgan fingerprint density at radius 1 is 1.29 bits per heavy atom. The highest BCUT2D eigenvalue weighted by atomic mass is 16.5. The molecule has 0 aliphatic carbocycles. The van der Waals surface area contributed by atoms with Crippen LogP contribution in [0.5, 0.6) is 0 Å². The lowest BCUT2D eigenvalue weighted by Gasteiger charge is -2.23. The van der Waals surface area contributed by atoms with Crippen LogP contribution < -0.4 is 5.32 Å². The maximum absolute atomic E-state index is 12.2. The summed E-state index contributed by atoms with van der Waals surface area (Å²) in [6, 6.07) is 1.56. The standard InChI is InChI=1S/C15H25N3O3/c1-11(2)5-7-18(15(20)9-12(3)4)10-14(19)16-13-6-8-21-17-13/h6,8,11-12H,5,7,9-10H2,1-4H3,(H,16,17,19). The molecule has 0 atom stereocenters. The van der Waals surface area contributed by atoms with E-state index in [1.54, 1.807) is 11.0 Å². The summed E-state index contributed by atoms with van der Waals surface area (Å²) in [6.07, 6.45) is 2.71. The first-order valence-corrected chi connectivity index (χ1v) is 7.36. The quantitative estimate of drug-likeness (QED) is 0.799. The van der Waals surface area contributed by atoms with Gasteiger partial charge in [-0.25, -0.2) is 0 Å². The molecule has 0 saturated heterocycles. The Morgan fingerprint density at radius 2 is 2.00 bits per heavy atom. The van der Waals surface area contributed by atoms with Gasteiger partial charge in [0.05, 0.1) is 6.54 Å². The fourth-order valence-electron chi connectivity index (χ4n) is 1.82. The normalized spacial score (nSPS) is 11.0. The molecule has 0 saturated carbocycles. The van der Waals surface area contributed by atoms with Crippen molar-refractivity contribution in [2.24, 2.45) is 11.8 Å². The van der Waals surface area contributed by atoms with Crippen LogP contribution in [-0.4, -0.2) is 35.0 Å². The maximum Gasteiger partial charge on any atom is 0.245 e. The monoisotopic (exact) mass is 295 g/mol. The SMILES string of the molecule is CC(C)CCN(CC(=O)Nc1ccon1)C(=O)CC(C)C. The molecule has 0 fully saturated rings. The number of nitrogens with one attached hydrogen (secondary N) is 1. The van der Waals surface area contributed by atoms with E-state index in [9.17, 15) is 9.59 Å². The summed E-state index contributed by atoms with van der Waals surface area (Å²) in [6.45, 7) is 8.82. The number of hydrogen-bond acceptors (Lipinski definition) is 4. The number of carbonyl (C=O) groups is 2. The van der Waals surface area contributed by atoms with E-state index in [1.807, 2.05) is 13.8 Å². The molecule has 21 heavy (non-hydrogen) atoms. The summed E-state index contributed by atoms with van der Waals surface area (Å²) in [7, 11) is 0. The Balaban J connectivity index is 2.58. The van der Waals surface area contributed by atoms with Crippen molar-refractivity contribution < 1.29 is 14.1 Å². The molecule has 0 unspecified atom stereocenters. The average molecular weight is 295 g/mol. The Labute approximate surface area is 125 Å². The van der Waals surface area contributed by atoms with E-state index in [0.29, 0.717) is 24.7 Å². The van der Waals surface area contributed by atoms with Gasteiger partial charge in [0.25, 0.3) is 0 Å². The molecule has 6 nitrogen and oxygen atoms in total. The molecule has 0 aromatic carbocycles. The fraction of sp³-hybridized carbons (Fsp3) is 0.667. The molecule has 118 valence electrons. The molecule has 1 N–H and O–H groups in total. The van der Waals surface area contributed by atoms with Crippen molar-refractivity contribution in [1.82, 2.24) is 10.1 Å². The first-order valence-electron chi connectivity index (χ1n) is 7.36. The number of anilines is 1. The number of nitrogens with zero attached hydrogens (tertiary/aromatic N) is 2. The van der Waals surface area contributed by atoms with E-state index in [0.717, 1.165) is 6.42 Å². The lowest BCUT2D eigenvalue weighted by Crippen LogP contribution is -2.39. The summed E-state index contributed by atoms with van der Waals surface area (Å²) >= 11 is 0. The van der Waals surface area contributed by atoms with Crippen LogP contribution in [0.15, 0.2) is 16.9 Å². The van der Waals surface area contributed by atoms with E-state index in [4.69, 9.17) is 0 Å². The van der Waals surface area contributed by atoms with Gasteiger partial charge in [-0.05, 0) is 18.3 Å². The summed E-state index contributed by atoms with van der Waals surface area (Å²) in [5.41, 5.74) is 0. The summed E-state index contributed by atoms with van der Waals surface area (Å²) in [5, 5.41) is 6.23. The van der Waals surface area contributed by atoms with Gasteiger partial charge in [-0.3, -0.25) is 9.59 Å². The van der Waals surface area contributed by atoms with Gasteiger partial charge in [0.15, 0.2) is 5.82 Å². The Hall–Kier alpha value is -1.85. The third kappa shape index (κ3) is 6.92. The van der Waals surface area contributed by atoms with Gasteiger partial charge in [0.1, 0.15) is 6.26 Å². The number of aromatic nitrogens is 1. The topological polar surface area (TPSA) is 75.4 Å². The highest BCUT2D eigenvalue weighted by Crippen LogP contribution is 2.09. The molecule has 1 rings (SSSR count). The third-order valence-corrected chi connectivity index (χ3v) is 2.95. The molecule has 0 aliphatic rings. The lowest BCUT2D eigenvalue weighted by molar-refractivity contribution is -0.135. The van der Waals surface area contributed by atoms with Crippen LogP contribution in [0.4, 0.5) is 5.82 Å². The Kier molecular flexibility index (Phi) is 6.91. The van der Waals surface area contributed by atoms with Crippen LogP contribution in [-0.2, 0) is 9.59 Å². The molecular weight excluding hydrogens is 270 g/mol. The van der Waals surface area contributed by atoms with Crippen LogP contribution in [0.25, 0.3) is 0 Å². The predicted octanol–water partition coefficient (Wildman–Crippen LogP) is 2.53. The zero-order valence-electron chi connectivity index (χ0n) is 13.3. The van der Waals surface area contributed by atoms with Crippen LogP contribution in [0.3, 0.4) is 0 Å². The lowest BCUT2D eigenvalue weighted by atomic mass is 10.1. The molecule has 6 heteroatoms. The van der Waals surface area contributed by atoms with Gasteiger partial charge in [-0.1, -0.05) is 32.9 Å². The van der Waals surface area contributed by atoms with E-state index >= 15 is 0 Å². The molecule has 1 aromatic heterocycles. The van der Waals surface area contributed by atoms with E-state index in [-0.39, 0.29) is 24.3 Å². The number of carbonyl (C=O) groups excluding carboxylic acids is 2. The maximum atomic E-state index is 12.2. The first kappa shape index (κ1) is 17.2. The van der Waals surface area contributed by atoms with Gasteiger partial charge in [-0.15, -0.1) is 0 Å². The van der Waals surface area contributed by atoms with Gasteiger partial charge in [0, 0.05) is 19.0 Å². The van der Waals surface area contributed by atoms with E-state index in [1.165, 1.54) is 6.26 Å². The zero-order chi connectivity index (χ0) is 15.8. The zero-order valence-corrected chi connectivity index (χ0v) is 13.3. The van der Waals surface area contributed by atoms with Crippen LogP contribution in [0.1, 0.15) is 40.5 Å². The van der Waals surface area contributed by atoms with Crippen molar-refractivity contribution in [3.63, 3.8) is 0 Å². The Morgan fingerprint density at radius 3 is 2.52 bits per heavy atom. The fourth-order valence-corrected chi connectivity index (χ4v) is 1.82. The van der Waals surface area contributed by atoms with Crippen molar-refractivity contribution in [3.05, 3.63) is 12.3 Å². The molecule has 0 spiro atoms. The molecular formula is C15H25N3O3. The van der Waals surface area contributed by atoms with E-state index in [2.05, 4.69) is 28.8 Å². The molecule has 1 aromatic rings. The molecule has 0 aliphatic heterocycles. The third-order valence-electron chi connectivity index (χ3n) is 2.95. The molecule has 2 amide bonds. The van der Waals surface area contributed by atoms with Gasteiger partial charge < -0.3 is 14.7 Å². The van der Waals surface area contributed by atoms with Gasteiger partial charge >= 0.3 is 0 Å². The highest BCUT2D eigenvalue weighted by molar-refractivity contribution is 5.93. The van der Waals surface area contributed by atoms with Crippen LogP contribution in [0.2, 0.25) is 0 Å². The summed E-state index contributed by atoms with van der Waals surface area (Å²) < 4.78 is 4.65. The average Bonchev–Trinajstić information content (AvgIpc) is 2.85. The number of hydrogen-bond donors (Lipinski definition) is 1. The van der Waals surface area contributed by atoms with Crippen molar-refractivity contribution in [2.75, 3.05) is 18.4 Å². The Bertz CT molecular complexity index is 441. The van der Waals surface area contributed by atoms with Gasteiger partial charge in [0.2, 0.25) is 11.8 Å². The summed E-state index contributed by atoms with van der Waals surface area (Å²) in [4.78, 5) is 25.8. The minimum Gasteiger partial charge on any atom is -0.363 e. The minimum atomic E-state index is -0.259. The van der Waals surface area contributed by atoms with Crippen molar-refractivity contribution in [3.8, 4) is 0 Å². The number of rotatable bonds is 8. The van der Waals surface area contributed by atoms with Gasteiger partial charge in [-0.2, -0.15) is 0 Å². The summed E-state index contributed by atoms with van der Waals surface area (Å²) in [5.74, 6) is 0.876. The van der Waals surface area contributed by atoms with E-state index < -0.39 is 0 Å². The smallest absolute Gasteiger partial charge is 0.245 e. The van der Waals surface area contributed by atoms with Crippen molar-refractivity contribution >= 4 is 17.6 Å². The minimum absolute atomic E-state index is 0.0148. The first-order chi connectivity index (χ1) is 9.88. The van der Waals surface area contributed by atoms with Crippen molar-refractivity contribution in [2.45, 2.75) is 40.5 Å². The van der Waals surface area contributed by atoms with Crippen molar-refractivity contribution in [1.29, 1.82) is 0 Å².